The quantitative estimate of drug-likeness (QED) is 0.920. The minimum atomic E-state index is -0.349. The van der Waals surface area contributed by atoms with Gasteiger partial charge in [0, 0.05) is 24.8 Å². The molecule has 1 atom stereocenters. The van der Waals surface area contributed by atoms with E-state index in [-0.39, 0.29) is 12.2 Å². The molecule has 0 radical (unpaired) electrons. The van der Waals surface area contributed by atoms with Crippen LogP contribution in [0, 0.1) is 13.8 Å². The number of carbonyl (C=O) groups excluding carboxylic acids is 1. The number of amides is 1. The maximum absolute atomic E-state index is 12.0. The van der Waals surface area contributed by atoms with E-state index in [1.807, 2.05) is 32.0 Å². The molecular formula is C16H24N2O2. The summed E-state index contributed by atoms with van der Waals surface area (Å²) < 4.78 is 5.51. The SMILES string of the molecule is Cc1cccc(C)c1NC(=O)OC1CCN(C(C)C)C1. The lowest BCUT2D eigenvalue weighted by molar-refractivity contribution is 0.110. The fourth-order valence-corrected chi connectivity index (χ4v) is 2.61. The standard InChI is InChI=1S/C16H24N2O2/c1-11(2)18-9-8-14(10-18)20-16(19)17-15-12(3)6-5-7-13(15)4/h5-7,11,14H,8-10H2,1-4H3,(H,17,19). The molecule has 2 rings (SSSR count). The molecule has 0 aliphatic carbocycles. The number of para-hydroxylation sites is 1. The zero-order valence-corrected chi connectivity index (χ0v) is 12.8. The van der Waals surface area contributed by atoms with Gasteiger partial charge >= 0.3 is 6.09 Å². The summed E-state index contributed by atoms with van der Waals surface area (Å²) in [5, 5.41) is 2.87. The predicted octanol–water partition coefficient (Wildman–Crippen LogP) is 3.33. The van der Waals surface area contributed by atoms with Gasteiger partial charge in [0.05, 0.1) is 0 Å². The van der Waals surface area contributed by atoms with Gasteiger partial charge in [-0.1, -0.05) is 18.2 Å². The lowest BCUT2D eigenvalue weighted by Crippen LogP contribution is -2.31. The zero-order chi connectivity index (χ0) is 14.7. The zero-order valence-electron chi connectivity index (χ0n) is 12.8. The molecule has 0 saturated carbocycles. The number of nitrogens with zero attached hydrogens (tertiary/aromatic N) is 1. The Morgan fingerprint density at radius 1 is 1.35 bits per heavy atom. The normalized spacial score (nSPS) is 19.4. The Balaban J connectivity index is 1.91. The number of likely N-dealkylation sites (tertiary alicyclic amines) is 1. The monoisotopic (exact) mass is 276 g/mol. The maximum atomic E-state index is 12.0. The molecule has 1 aromatic carbocycles. The first kappa shape index (κ1) is 14.9. The van der Waals surface area contributed by atoms with Gasteiger partial charge in [-0.15, -0.1) is 0 Å². The molecule has 110 valence electrons. The van der Waals surface area contributed by atoms with E-state index in [2.05, 4.69) is 24.1 Å². The molecule has 0 spiro atoms. The second-order valence-electron chi connectivity index (χ2n) is 5.80. The number of ether oxygens (including phenoxy) is 1. The first-order chi connectivity index (χ1) is 9.47. The van der Waals surface area contributed by atoms with Gasteiger partial charge in [-0.25, -0.2) is 4.79 Å². The van der Waals surface area contributed by atoms with Gasteiger partial charge in [0.2, 0.25) is 0 Å². The molecule has 1 fully saturated rings. The van der Waals surface area contributed by atoms with Crippen molar-refractivity contribution >= 4 is 11.8 Å². The van der Waals surface area contributed by atoms with Crippen molar-refractivity contribution in [1.82, 2.24) is 4.90 Å². The molecule has 4 heteroatoms. The summed E-state index contributed by atoms with van der Waals surface area (Å²) in [5.41, 5.74) is 2.96. The third-order valence-corrected chi connectivity index (χ3v) is 3.89. The molecule has 1 aliphatic rings. The number of hydrogen-bond acceptors (Lipinski definition) is 3. The molecule has 1 saturated heterocycles. The summed E-state index contributed by atoms with van der Waals surface area (Å²) in [6, 6.07) is 6.46. The largest absolute Gasteiger partial charge is 0.445 e. The molecule has 1 aliphatic heterocycles. The number of nitrogens with one attached hydrogen (secondary N) is 1. The van der Waals surface area contributed by atoms with E-state index in [1.165, 1.54) is 0 Å². The highest BCUT2D eigenvalue weighted by molar-refractivity contribution is 5.86. The molecule has 1 unspecified atom stereocenters. The van der Waals surface area contributed by atoms with Crippen molar-refractivity contribution in [3.8, 4) is 0 Å². The number of anilines is 1. The highest BCUT2D eigenvalue weighted by Gasteiger charge is 2.27. The van der Waals surface area contributed by atoms with Crippen LogP contribution < -0.4 is 5.32 Å². The summed E-state index contributed by atoms with van der Waals surface area (Å²) in [7, 11) is 0. The van der Waals surface area contributed by atoms with Gasteiger partial charge in [-0.2, -0.15) is 0 Å². The Kier molecular flexibility index (Phi) is 4.65. The van der Waals surface area contributed by atoms with Crippen molar-refractivity contribution < 1.29 is 9.53 Å². The average molecular weight is 276 g/mol. The van der Waals surface area contributed by atoms with E-state index < -0.39 is 0 Å². The molecule has 4 nitrogen and oxygen atoms in total. The van der Waals surface area contributed by atoms with Crippen LogP contribution >= 0.6 is 0 Å². The Morgan fingerprint density at radius 3 is 2.55 bits per heavy atom. The molecule has 20 heavy (non-hydrogen) atoms. The Bertz CT molecular complexity index is 465. The van der Waals surface area contributed by atoms with Crippen molar-refractivity contribution in [2.75, 3.05) is 18.4 Å². The van der Waals surface area contributed by atoms with E-state index in [9.17, 15) is 4.79 Å². The highest BCUT2D eigenvalue weighted by atomic mass is 16.6. The van der Waals surface area contributed by atoms with Crippen LogP contribution in [0.15, 0.2) is 18.2 Å². The third kappa shape index (κ3) is 3.51. The summed E-state index contributed by atoms with van der Waals surface area (Å²) in [6.07, 6.45) is 0.568. The molecule has 1 amide bonds. The van der Waals surface area contributed by atoms with Gasteiger partial charge in [0.1, 0.15) is 6.10 Å². The van der Waals surface area contributed by atoms with E-state index in [1.54, 1.807) is 0 Å². The van der Waals surface area contributed by atoms with Crippen LogP contribution in [0.1, 0.15) is 31.4 Å². The van der Waals surface area contributed by atoms with Gasteiger partial charge in [-0.05, 0) is 45.2 Å². The minimum absolute atomic E-state index is 0.00160. The third-order valence-electron chi connectivity index (χ3n) is 3.89. The van der Waals surface area contributed by atoms with Crippen LogP contribution in [-0.4, -0.2) is 36.2 Å². The predicted molar refractivity (Wildman–Crippen MR) is 81.1 cm³/mol. The molecule has 0 bridgehead atoms. The van der Waals surface area contributed by atoms with E-state index >= 15 is 0 Å². The summed E-state index contributed by atoms with van der Waals surface area (Å²) in [6.45, 7) is 10.1. The van der Waals surface area contributed by atoms with Crippen LogP contribution in [0.4, 0.5) is 10.5 Å². The van der Waals surface area contributed by atoms with E-state index in [0.29, 0.717) is 6.04 Å². The average Bonchev–Trinajstić information content (AvgIpc) is 2.82. The minimum Gasteiger partial charge on any atom is -0.445 e. The van der Waals surface area contributed by atoms with Gasteiger partial charge in [0.25, 0.3) is 0 Å². The van der Waals surface area contributed by atoms with Crippen molar-refractivity contribution in [2.24, 2.45) is 0 Å². The van der Waals surface area contributed by atoms with Crippen LogP contribution in [0.5, 0.6) is 0 Å². The van der Waals surface area contributed by atoms with Crippen molar-refractivity contribution in [2.45, 2.75) is 46.3 Å². The van der Waals surface area contributed by atoms with E-state index in [4.69, 9.17) is 4.74 Å². The fraction of sp³-hybridized carbons (Fsp3) is 0.562. The molecule has 1 N–H and O–H groups in total. The molecule has 1 heterocycles. The molecule has 0 aromatic heterocycles. The van der Waals surface area contributed by atoms with Crippen molar-refractivity contribution in [1.29, 1.82) is 0 Å². The number of hydrogen-bond donors (Lipinski definition) is 1. The topological polar surface area (TPSA) is 41.6 Å². The summed E-state index contributed by atoms with van der Waals surface area (Å²) in [5.74, 6) is 0. The maximum Gasteiger partial charge on any atom is 0.411 e. The Hall–Kier alpha value is -1.55. The highest BCUT2D eigenvalue weighted by Crippen LogP contribution is 2.21. The lowest BCUT2D eigenvalue weighted by atomic mass is 10.1. The lowest BCUT2D eigenvalue weighted by Gasteiger charge is -2.20. The molecule has 1 aromatic rings. The van der Waals surface area contributed by atoms with Crippen LogP contribution in [0.3, 0.4) is 0 Å². The fourth-order valence-electron chi connectivity index (χ4n) is 2.61. The second-order valence-corrected chi connectivity index (χ2v) is 5.80. The number of rotatable bonds is 3. The second kappa shape index (κ2) is 6.27. The van der Waals surface area contributed by atoms with Crippen LogP contribution in [0.25, 0.3) is 0 Å². The van der Waals surface area contributed by atoms with Gasteiger partial charge < -0.3 is 4.74 Å². The smallest absolute Gasteiger partial charge is 0.411 e. The van der Waals surface area contributed by atoms with E-state index in [0.717, 1.165) is 36.3 Å². The van der Waals surface area contributed by atoms with Crippen LogP contribution in [0.2, 0.25) is 0 Å². The van der Waals surface area contributed by atoms with Gasteiger partial charge in [-0.3, -0.25) is 10.2 Å². The first-order valence-corrected chi connectivity index (χ1v) is 7.25. The Morgan fingerprint density at radius 2 is 2.00 bits per heavy atom. The number of benzene rings is 1. The summed E-state index contributed by atoms with van der Waals surface area (Å²) in [4.78, 5) is 14.3. The van der Waals surface area contributed by atoms with Crippen molar-refractivity contribution in [3.63, 3.8) is 0 Å². The Labute approximate surface area is 121 Å². The molecular weight excluding hydrogens is 252 g/mol. The number of aryl methyl sites for hydroxylation is 2. The first-order valence-electron chi connectivity index (χ1n) is 7.25. The van der Waals surface area contributed by atoms with Gasteiger partial charge in [0.15, 0.2) is 0 Å². The number of carbonyl (C=O) groups is 1. The van der Waals surface area contributed by atoms with Crippen molar-refractivity contribution in [3.05, 3.63) is 29.3 Å². The van der Waals surface area contributed by atoms with Crippen LogP contribution in [-0.2, 0) is 4.74 Å². The summed E-state index contributed by atoms with van der Waals surface area (Å²) >= 11 is 0.